The first-order valence-corrected chi connectivity index (χ1v) is 5.03. The summed E-state index contributed by atoms with van der Waals surface area (Å²) in [4.78, 5) is 14.0. The van der Waals surface area contributed by atoms with Crippen LogP contribution in [0.4, 0.5) is 11.5 Å². The van der Waals surface area contributed by atoms with Crippen LogP contribution in [-0.2, 0) is 0 Å². The molecule has 1 aromatic rings. The average Bonchev–Trinajstić information content (AvgIpc) is 2.16. The quantitative estimate of drug-likeness (QED) is 0.585. The van der Waals surface area contributed by atoms with Gasteiger partial charge in [0, 0.05) is 12.1 Å². The number of aliphatic hydroxyl groups is 1. The summed E-state index contributed by atoms with van der Waals surface area (Å²) in [7, 11) is 0. The summed E-state index contributed by atoms with van der Waals surface area (Å²) in [6.45, 7) is 3.96. The van der Waals surface area contributed by atoms with Gasteiger partial charge in [-0.15, -0.1) is 0 Å². The van der Waals surface area contributed by atoms with E-state index in [2.05, 4.69) is 10.3 Å². The molecule has 0 bridgehead atoms. The largest absolute Gasteiger partial charge is 0.393 e. The minimum Gasteiger partial charge on any atom is -0.393 e. The summed E-state index contributed by atoms with van der Waals surface area (Å²) in [5, 5.41) is 22.6. The van der Waals surface area contributed by atoms with Crippen LogP contribution in [0.2, 0.25) is 0 Å². The number of rotatable bonds is 5. The van der Waals surface area contributed by atoms with E-state index in [9.17, 15) is 10.1 Å². The van der Waals surface area contributed by atoms with Crippen LogP contribution in [0.5, 0.6) is 0 Å². The summed E-state index contributed by atoms with van der Waals surface area (Å²) in [6.07, 6.45) is 1.48. The van der Waals surface area contributed by atoms with E-state index in [0.29, 0.717) is 24.3 Å². The third-order valence-electron chi connectivity index (χ3n) is 2.15. The van der Waals surface area contributed by atoms with Crippen molar-refractivity contribution in [2.45, 2.75) is 26.4 Å². The maximum Gasteiger partial charge on any atom is 0.290 e. The molecule has 1 unspecified atom stereocenters. The maximum absolute atomic E-state index is 10.5. The Kier molecular flexibility index (Phi) is 4.19. The van der Waals surface area contributed by atoms with Gasteiger partial charge in [-0.1, -0.05) is 0 Å². The van der Waals surface area contributed by atoms with Gasteiger partial charge in [-0.2, -0.15) is 0 Å². The third kappa shape index (κ3) is 3.47. The zero-order valence-electron chi connectivity index (χ0n) is 9.30. The van der Waals surface area contributed by atoms with Gasteiger partial charge in [-0.25, -0.2) is 4.98 Å². The van der Waals surface area contributed by atoms with Crippen molar-refractivity contribution in [3.05, 3.63) is 27.9 Å². The van der Waals surface area contributed by atoms with Crippen molar-refractivity contribution in [1.82, 2.24) is 4.98 Å². The molecule has 1 heterocycles. The SMILES string of the molecule is Cc1cc(NCCC(C)O)ncc1[N+](=O)[O-]. The molecule has 0 aliphatic heterocycles. The number of nitrogens with zero attached hydrogens (tertiary/aromatic N) is 2. The summed E-state index contributed by atoms with van der Waals surface area (Å²) < 4.78 is 0. The summed E-state index contributed by atoms with van der Waals surface area (Å²) in [6, 6.07) is 1.63. The van der Waals surface area contributed by atoms with Crippen LogP contribution in [-0.4, -0.2) is 27.7 Å². The lowest BCUT2D eigenvalue weighted by Crippen LogP contribution is -2.10. The Hall–Kier alpha value is -1.69. The van der Waals surface area contributed by atoms with Gasteiger partial charge in [0.25, 0.3) is 5.69 Å². The van der Waals surface area contributed by atoms with Crippen LogP contribution in [0.15, 0.2) is 12.3 Å². The molecule has 0 spiro atoms. The number of hydrogen-bond donors (Lipinski definition) is 2. The molecule has 0 radical (unpaired) electrons. The molecule has 1 atom stereocenters. The number of anilines is 1. The number of nitrogens with one attached hydrogen (secondary N) is 1. The lowest BCUT2D eigenvalue weighted by molar-refractivity contribution is -0.385. The number of nitro groups is 1. The van der Waals surface area contributed by atoms with Crippen molar-refractivity contribution >= 4 is 11.5 Å². The molecular formula is C10H15N3O3. The number of pyridine rings is 1. The van der Waals surface area contributed by atoms with Crippen molar-refractivity contribution < 1.29 is 10.0 Å². The van der Waals surface area contributed by atoms with Gasteiger partial charge in [0.05, 0.1) is 11.0 Å². The minimum absolute atomic E-state index is 0.0149. The highest BCUT2D eigenvalue weighted by atomic mass is 16.6. The fourth-order valence-corrected chi connectivity index (χ4v) is 1.25. The third-order valence-corrected chi connectivity index (χ3v) is 2.15. The Labute approximate surface area is 93.5 Å². The predicted octanol–water partition coefficient (Wildman–Crippen LogP) is 1.48. The molecule has 0 aliphatic rings. The topological polar surface area (TPSA) is 88.3 Å². The first kappa shape index (κ1) is 12.4. The Morgan fingerprint density at radius 1 is 1.69 bits per heavy atom. The molecule has 16 heavy (non-hydrogen) atoms. The van der Waals surface area contributed by atoms with E-state index < -0.39 is 4.92 Å². The van der Waals surface area contributed by atoms with E-state index in [1.165, 1.54) is 6.20 Å². The zero-order chi connectivity index (χ0) is 12.1. The second-order valence-corrected chi connectivity index (χ2v) is 3.68. The predicted molar refractivity (Wildman–Crippen MR) is 60.4 cm³/mol. The van der Waals surface area contributed by atoms with Gasteiger partial charge in [0.2, 0.25) is 0 Å². The van der Waals surface area contributed by atoms with Gasteiger partial charge in [0.15, 0.2) is 0 Å². The normalized spacial score (nSPS) is 12.2. The van der Waals surface area contributed by atoms with Crippen molar-refractivity contribution in [2.75, 3.05) is 11.9 Å². The Balaban J connectivity index is 2.63. The van der Waals surface area contributed by atoms with E-state index in [1.54, 1.807) is 19.9 Å². The lowest BCUT2D eigenvalue weighted by atomic mass is 10.2. The monoisotopic (exact) mass is 225 g/mol. The van der Waals surface area contributed by atoms with Crippen LogP contribution < -0.4 is 5.32 Å². The van der Waals surface area contributed by atoms with Crippen molar-refractivity contribution in [3.8, 4) is 0 Å². The standard InChI is InChI=1S/C10H15N3O3/c1-7-5-10(11-4-3-8(2)14)12-6-9(7)13(15)16/h5-6,8,14H,3-4H2,1-2H3,(H,11,12). The van der Waals surface area contributed by atoms with Gasteiger partial charge in [-0.05, 0) is 26.3 Å². The second-order valence-electron chi connectivity index (χ2n) is 3.68. The van der Waals surface area contributed by atoms with Crippen LogP contribution >= 0.6 is 0 Å². The Morgan fingerprint density at radius 2 is 2.38 bits per heavy atom. The number of hydrogen-bond acceptors (Lipinski definition) is 5. The summed E-state index contributed by atoms with van der Waals surface area (Å²) in [5.41, 5.74) is 0.584. The van der Waals surface area contributed by atoms with Crippen LogP contribution in [0.1, 0.15) is 18.9 Å². The van der Waals surface area contributed by atoms with E-state index >= 15 is 0 Å². The molecule has 0 fully saturated rings. The van der Waals surface area contributed by atoms with Crippen molar-refractivity contribution in [3.63, 3.8) is 0 Å². The summed E-state index contributed by atoms with van der Waals surface area (Å²) >= 11 is 0. The van der Waals surface area contributed by atoms with Crippen molar-refractivity contribution in [2.24, 2.45) is 0 Å². The van der Waals surface area contributed by atoms with Gasteiger partial charge >= 0.3 is 0 Å². The second kappa shape index (κ2) is 5.41. The van der Waals surface area contributed by atoms with Gasteiger partial charge in [0.1, 0.15) is 12.0 Å². The van der Waals surface area contributed by atoms with Gasteiger partial charge < -0.3 is 10.4 Å². The minimum atomic E-state index is -0.456. The first-order chi connectivity index (χ1) is 7.50. The molecule has 6 heteroatoms. The highest BCUT2D eigenvalue weighted by Gasteiger charge is 2.11. The lowest BCUT2D eigenvalue weighted by Gasteiger charge is -2.07. The molecular weight excluding hydrogens is 210 g/mol. The van der Waals surface area contributed by atoms with Crippen molar-refractivity contribution in [1.29, 1.82) is 0 Å². The molecule has 1 rings (SSSR count). The molecule has 0 saturated heterocycles. The van der Waals surface area contributed by atoms with Crippen LogP contribution in [0.3, 0.4) is 0 Å². The van der Waals surface area contributed by atoms with E-state index in [0.717, 1.165) is 0 Å². The molecule has 0 aliphatic carbocycles. The molecule has 88 valence electrons. The highest BCUT2D eigenvalue weighted by Crippen LogP contribution is 2.18. The molecule has 1 aromatic heterocycles. The molecule has 6 nitrogen and oxygen atoms in total. The fraction of sp³-hybridized carbons (Fsp3) is 0.500. The van der Waals surface area contributed by atoms with E-state index in [4.69, 9.17) is 5.11 Å². The number of aryl methyl sites for hydroxylation is 1. The Morgan fingerprint density at radius 3 is 2.88 bits per heavy atom. The maximum atomic E-state index is 10.5. The first-order valence-electron chi connectivity index (χ1n) is 5.03. The van der Waals surface area contributed by atoms with Crippen LogP contribution in [0.25, 0.3) is 0 Å². The number of aliphatic hydroxyl groups excluding tert-OH is 1. The van der Waals surface area contributed by atoms with E-state index in [1.807, 2.05) is 0 Å². The fourth-order valence-electron chi connectivity index (χ4n) is 1.25. The van der Waals surface area contributed by atoms with E-state index in [-0.39, 0.29) is 11.8 Å². The summed E-state index contributed by atoms with van der Waals surface area (Å²) in [5.74, 6) is 0.587. The van der Waals surface area contributed by atoms with Crippen LogP contribution in [0, 0.1) is 17.0 Å². The van der Waals surface area contributed by atoms with Gasteiger partial charge in [-0.3, -0.25) is 10.1 Å². The Bertz CT molecular complexity index is 380. The molecule has 0 saturated carbocycles. The molecule has 0 aromatic carbocycles. The molecule has 0 amide bonds. The average molecular weight is 225 g/mol. The molecule has 2 N–H and O–H groups in total. The smallest absolute Gasteiger partial charge is 0.290 e. The number of aromatic nitrogens is 1. The zero-order valence-corrected chi connectivity index (χ0v) is 9.30. The highest BCUT2D eigenvalue weighted by molar-refractivity contribution is 5.46.